The van der Waals surface area contributed by atoms with Gasteiger partial charge >= 0.3 is 0 Å². The van der Waals surface area contributed by atoms with Gasteiger partial charge < -0.3 is 16.2 Å². The van der Waals surface area contributed by atoms with Crippen LogP contribution in [-0.4, -0.2) is 29.7 Å². The van der Waals surface area contributed by atoms with E-state index in [0.29, 0.717) is 24.8 Å². The standard InChI is InChI=1S/C14H28N2O2/c1-11-4-3-7-14(8-11,10-17)16-13(18)6-5-12(2)9-15/h11-12,17H,3-10,15H2,1-2H3,(H,16,18). The average Bonchev–Trinajstić information content (AvgIpc) is 2.36. The van der Waals surface area contributed by atoms with Gasteiger partial charge in [0.1, 0.15) is 0 Å². The summed E-state index contributed by atoms with van der Waals surface area (Å²) in [5.74, 6) is 1.01. The molecule has 4 heteroatoms. The Morgan fingerprint density at radius 1 is 1.61 bits per heavy atom. The minimum atomic E-state index is -0.374. The van der Waals surface area contributed by atoms with Crippen molar-refractivity contribution >= 4 is 5.91 Å². The topological polar surface area (TPSA) is 75.4 Å². The number of aliphatic hydroxyl groups excluding tert-OH is 1. The number of hydrogen-bond donors (Lipinski definition) is 3. The molecule has 0 aromatic heterocycles. The minimum absolute atomic E-state index is 0.0511. The molecule has 0 aromatic carbocycles. The lowest BCUT2D eigenvalue weighted by Crippen LogP contribution is -2.53. The molecule has 1 fully saturated rings. The van der Waals surface area contributed by atoms with E-state index in [1.807, 2.05) is 0 Å². The number of hydrogen-bond acceptors (Lipinski definition) is 3. The Kier molecular flexibility index (Phi) is 6.09. The molecular weight excluding hydrogens is 228 g/mol. The van der Waals surface area contributed by atoms with E-state index in [9.17, 15) is 9.90 Å². The van der Waals surface area contributed by atoms with Crippen LogP contribution in [0.1, 0.15) is 52.4 Å². The number of nitrogens with one attached hydrogen (secondary N) is 1. The molecule has 4 N–H and O–H groups in total. The van der Waals surface area contributed by atoms with Gasteiger partial charge in [-0.15, -0.1) is 0 Å². The van der Waals surface area contributed by atoms with E-state index >= 15 is 0 Å². The molecule has 0 heterocycles. The van der Waals surface area contributed by atoms with Crippen molar-refractivity contribution in [2.24, 2.45) is 17.6 Å². The van der Waals surface area contributed by atoms with Crippen LogP contribution in [0.5, 0.6) is 0 Å². The van der Waals surface area contributed by atoms with E-state index in [2.05, 4.69) is 19.2 Å². The van der Waals surface area contributed by atoms with Crippen LogP contribution in [0, 0.1) is 11.8 Å². The number of carbonyl (C=O) groups excluding carboxylic acids is 1. The normalized spacial score (nSPS) is 29.9. The molecular formula is C14H28N2O2. The molecule has 0 aromatic rings. The van der Waals surface area contributed by atoms with Gasteiger partial charge in [0.2, 0.25) is 5.91 Å². The molecule has 0 spiro atoms. The minimum Gasteiger partial charge on any atom is -0.394 e. The smallest absolute Gasteiger partial charge is 0.220 e. The number of amides is 1. The maximum atomic E-state index is 11.9. The van der Waals surface area contributed by atoms with Crippen LogP contribution in [0.2, 0.25) is 0 Å². The van der Waals surface area contributed by atoms with E-state index < -0.39 is 0 Å². The third-order valence-corrected chi connectivity index (χ3v) is 4.07. The quantitative estimate of drug-likeness (QED) is 0.673. The first-order chi connectivity index (χ1) is 8.51. The summed E-state index contributed by atoms with van der Waals surface area (Å²) in [6.45, 7) is 4.91. The molecule has 0 saturated heterocycles. The maximum Gasteiger partial charge on any atom is 0.220 e. The lowest BCUT2D eigenvalue weighted by molar-refractivity contribution is -0.124. The van der Waals surface area contributed by atoms with Crippen LogP contribution in [0.4, 0.5) is 0 Å². The van der Waals surface area contributed by atoms with Crippen molar-refractivity contribution < 1.29 is 9.90 Å². The van der Waals surface area contributed by atoms with Crippen molar-refractivity contribution in [3.05, 3.63) is 0 Å². The first-order valence-corrected chi connectivity index (χ1v) is 7.13. The van der Waals surface area contributed by atoms with Gasteiger partial charge in [-0.25, -0.2) is 0 Å². The van der Waals surface area contributed by atoms with Gasteiger partial charge in [-0.2, -0.15) is 0 Å². The molecule has 4 nitrogen and oxygen atoms in total. The van der Waals surface area contributed by atoms with Crippen LogP contribution in [0.3, 0.4) is 0 Å². The SMILES string of the molecule is CC(CN)CCC(=O)NC1(CO)CCCC(C)C1. The lowest BCUT2D eigenvalue weighted by Gasteiger charge is -2.39. The Bertz CT molecular complexity index is 271. The predicted octanol–water partition coefficient (Wildman–Crippen LogP) is 1.42. The third-order valence-electron chi connectivity index (χ3n) is 4.07. The third kappa shape index (κ3) is 4.58. The van der Waals surface area contributed by atoms with Crippen molar-refractivity contribution in [1.29, 1.82) is 0 Å². The summed E-state index contributed by atoms with van der Waals surface area (Å²) in [5, 5.41) is 12.7. The monoisotopic (exact) mass is 256 g/mol. The predicted molar refractivity (Wildman–Crippen MR) is 73.0 cm³/mol. The molecule has 1 amide bonds. The van der Waals surface area contributed by atoms with Crippen molar-refractivity contribution in [3.8, 4) is 0 Å². The van der Waals surface area contributed by atoms with E-state index in [-0.39, 0.29) is 18.1 Å². The zero-order valence-electron chi connectivity index (χ0n) is 11.7. The summed E-state index contributed by atoms with van der Waals surface area (Å²) >= 11 is 0. The summed E-state index contributed by atoms with van der Waals surface area (Å²) in [7, 11) is 0. The Morgan fingerprint density at radius 2 is 2.33 bits per heavy atom. The Balaban J connectivity index is 2.44. The zero-order valence-corrected chi connectivity index (χ0v) is 11.7. The molecule has 3 atom stereocenters. The highest BCUT2D eigenvalue weighted by atomic mass is 16.3. The molecule has 1 rings (SSSR count). The fourth-order valence-corrected chi connectivity index (χ4v) is 2.81. The van der Waals surface area contributed by atoms with Gasteiger partial charge in [-0.05, 0) is 37.6 Å². The van der Waals surface area contributed by atoms with Crippen molar-refractivity contribution in [1.82, 2.24) is 5.32 Å². The fraction of sp³-hybridized carbons (Fsp3) is 0.929. The second-order valence-electron chi connectivity index (χ2n) is 6.07. The summed E-state index contributed by atoms with van der Waals surface area (Å²) in [6, 6.07) is 0. The molecule has 0 radical (unpaired) electrons. The zero-order chi connectivity index (χ0) is 13.6. The average molecular weight is 256 g/mol. The van der Waals surface area contributed by atoms with Crippen LogP contribution in [0.25, 0.3) is 0 Å². The Labute approximate surface area is 110 Å². The summed E-state index contributed by atoms with van der Waals surface area (Å²) < 4.78 is 0. The van der Waals surface area contributed by atoms with E-state index in [4.69, 9.17) is 5.73 Å². The molecule has 0 aliphatic heterocycles. The highest BCUT2D eigenvalue weighted by molar-refractivity contribution is 5.76. The molecule has 1 saturated carbocycles. The Morgan fingerprint density at radius 3 is 2.89 bits per heavy atom. The van der Waals surface area contributed by atoms with Gasteiger partial charge in [0, 0.05) is 6.42 Å². The number of aliphatic hydroxyl groups is 1. The summed E-state index contributed by atoms with van der Waals surface area (Å²) in [4.78, 5) is 11.9. The van der Waals surface area contributed by atoms with E-state index in [1.165, 1.54) is 6.42 Å². The second-order valence-corrected chi connectivity index (χ2v) is 6.07. The molecule has 3 unspecified atom stereocenters. The van der Waals surface area contributed by atoms with Crippen molar-refractivity contribution in [2.45, 2.75) is 57.9 Å². The van der Waals surface area contributed by atoms with E-state index in [1.54, 1.807) is 0 Å². The fourth-order valence-electron chi connectivity index (χ4n) is 2.81. The van der Waals surface area contributed by atoms with Gasteiger partial charge in [-0.3, -0.25) is 4.79 Å². The molecule has 0 bridgehead atoms. The first kappa shape index (κ1) is 15.4. The van der Waals surface area contributed by atoms with Crippen LogP contribution < -0.4 is 11.1 Å². The van der Waals surface area contributed by atoms with Crippen molar-refractivity contribution in [2.75, 3.05) is 13.2 Å². The first-order valence-electron chi connectivity index (χ1n) is 7.13. The molecule has 18 heavy (non-hydrogen) atoms. The van der Waals surface area contributed by atoms with E-state index in [0.717, 1.165) is 25.7 Å². The largest absolute Gasteiger partial charge is 0.394 e. The maximum absolute atomic E-state index is 11.9. The molecule has 1 aliphatic carbocycles. The van der Waals surface area contributed by atoms with Gasteiger partial charge in [-0.1, -0.05) is 26.7 Å². The number of nitrogens with two attached hydrogens (primary N) is 1. The highest BCUT2D eigenvalue weighted by Gasteiger charge is 2.35. The lowest BCUT2D eigenvalue weighted by atomic mass is 9.76. The second kappa shape index (κ2) is 7.10. The van der Waals surface area contributed by atoms with Gasteiger partial charge in [0.05, 0.1) is 12.1 Å². The number of rotatable bonds is 6. The molecule has 1 aliphatic rings. The summed E-state index contributed by atoms with van der Waals surface area (Å²) in [6.07, 6.45) is 5.39. The van der Waals surface area contributed by atoms with Crippen molar-refractivity contribution in [3.63, 3.8) is 0 Å². The van der Waals surface area contributed by atoms with Crippen LogP contribution in [0.15, 0.2) is 0 Å². The highest BCUT2D eigenvalue weighted by Crippen LogP contribution is 2.32. The van der Waals surface area contributed by atoms with Gasteiger partial charge in [0.25, 0.3) is 0 Å². The van der Waals surface area contributed by atoms with Crippen LogP contribution >= 0.6 is 0 Å². The van der Waals surface area contributed by atoms with Gasteiger partial charge in [0.15, 0.2) is 0 Å². The summed E-state index contributed by atoms with van der Waals surface area (Å²) in [5.41, 5.74) is 5.17. The molecule has 106 valence electrons. The van der Waals surface area contributed by atoms with Crippen LogP contribution in [-0.2, 0) is 4.79 Å². The Hall–Kier alpha value is -0.610. The number of carbonyl (C=O) groups is 1.